The summed E-state index contributed by atoms with van der Waals surface area (Å²) in [6.07, 6.45) is 0.438. The summed E-state index contributed by atoms with van der Waals surface area (Å²) in [5.74, 6) is 0.269. The fraction of sp³-hybridized carbons (Fsp3) is 0.562. The first-order valence-electron chi connectivity index (χ1n) is 6.94. The first-order valence-corrected chi connectivity index (χ1v) is 6.94. The topological polar surface area (TPSA) is 49.8 Å². The van der Waals surface area contributed by atoms with Crippen molar-refractivity contribution in [1.82, 2.24) is 4.90 Å². The highest BCUT2D eigenvalue weighted by Crippen LogP contribution is 2.37. The monoisotopic (exact) mass is 277 g/mol. The quantitative estimate of drug-likeness (QED) is 0.790. The van der Waals surface area contributed by atoms with Gasteiger partial charge in [0.25, 0.3) is 0 Å². The van der Waals surface area contributed by atoms with Crippen molar-refractivity contribution < 1.29 is 14.6 Å². The van der Waals surface area contributed by atoms with E-state index in [2.05, 4.69) is 0 Å². The van der Waals surface area contributed by atoms with Crippen LogP contribution in [0.2, 0.25) is 0 Å². The lowest BCUT2D eigenvalue weighted by molar-refractivity contribution is -0.000312. The number of amides is 1. The third-order valence-corrected chi connectivity index (χ3v) is 3.64. The summed E-state index contributed by atoms with van der Waals surface area (Å²) in [5.41, 5.74) is 1.22. The van der Waals surface area contributed by atoms with E-state index in [4.69, 9.17) is 4.74 Å². The molecule has 1 N–H and O–H groups in total. The van der Waals surface area contributed by atoms with E-state index in [-0.39, 0.29) is 11.8 Å². The molecule has 0 spiro atoms. The minimum atomic E-state index is -0.498. The predicted octanol–water partition coefficient (Wildman–Crippen LogP) is 3.42. The van der Waals surface area contributed by atoms with Crippen LogP contribution >= 0.6 is 0 Å². The van der Waals surface area contributed by atoms with Crippen molar-refractivity contribution >= 4 is 6.09 Å². The predicted molar refractivity (Wildman–Crippen MR) is 77.8 cm³/mol. The van der Waals surface area contributed by atoms with Crippen molar-refractivity contribution in [3.63, 3.8) is 0 Å². The zero-order valence-corrected chi connectivity index (χ0v) is 12.9. The minimum Gasteiger partial charge on any atom is -0.508 e. The Morgan fingerprint density at radius 3 is 2.60 bits per heavy atom. The Bertz CT molecular complexity index is 529. The lowest BCUT2D eigenvalue weighted by Gasteiger charge is -2.44. The molecule has 0 saturated carbocycles. The molecule has 1 aromatic carbocycles. The van der Waals surface area contributed by atoms with Gasteiger partial charge >= 0.3 is 6.09 Å². The van der Waals surface area contributed by atoms with Crippen LogP contribution in [0.1, 0.15) is 45.7 Å². The summed E-state index contributed by atoms with van der Waals surface area (Å²) in [4.78, 5) is 14.1. The second kappa shape index (κ2) is 4.69. The Morgan fingerprint density at radius 1 is 1.35 bits per heavy atom. The van der Waals surface area contributed by atoms with Crippen LogP contribution in [0, 0.1) is 0 Å². The van der Waals surface area contributed by atoms with Crippen molar-refractivity contribution in [2.24, 2.45) is 0 Å². The van der Waals surface area contributed by atoms with E-state index in [1.165, 1.54) is 0 Å². The maximum Gasteiger partial charge on any atom is 0.411 e. The van der Waals surface area contributed by atoms with Gasteiger partial charge in [0, 0.05) is 6.54 Å². The van der Waals surface area contributed by atoms with E-state index in [9.17, 15) is 9.90 Å². The van der Waals surface area contributed by atoms with Crippen LogP contribution in [0.5, 0.6) is 5.75 Å². The van der Waals surface area contributed by atoms with Gasteiger partial charge in [0.2, 0.25) is 0 Å². The van der Waals surface area contributed by atoms with Gasteiger partial charge in [-0.25, -0.2) is 4.79 Å². The number of ether oxygens (including phenoxy) is 1. The molecule has 4 nitrogen and oxygen atoms in total. The summed E-state index contributed by atoms with van der Waals surface area (Å²) in [7, 11) is 0. The Hall–Kier alpha value is -1.71. The molecule has 4 heteroatoms. The van der Waals surface area contributed by atoms with Gasteiger partial charge in [-0.3, -0.25) is 4.90 Å². The molecule has 1 amide bonds. The lowest BCUT2D eigenvalue weighted by atomic mass is 9.83. The summed E-state index contributed by atoms with van der Waals surface area (Å²) < 4.78 is 5.49. The standard InChI is InChI=1S/C16H23NO3/c1-15(2,3)20-14(19)17-9-8-11-10-12(18)6-7-13(11)16(17,4)5/h6-7,10,18H,8-9H2,1-5H3. The number of rotatable bonds is 0. The Balaban J connectivity index is 2.31. The van der Waals surface area contributed by atoms with Crippen LogP contribution < -0.4 is 0 Å². The van der Waals surface area contributed by atoms with Gasteiger partial charge in [-0.05, 0) is 64.3 Å². The van der Waals surface area contributed by atoms with Crippen LogP contribution in [0.15, 0.2) is 18.2 Å². The summed E-state index contributed by atoms with van der Waals surface area (Å²) >= 11 is 0. The van der Waals surface area contributed by atoms with Crippen molar-refractivity contribution in [3.8, 4) is 5.75 Å². The van der Waals surface area contributed by atoms with E-state index in [1.807, 2.05) is 40.7 Å². The highest BCUT2D eigenvalue weighted by molar-refractivity contribution is 5.70. The fourth-order valence-corrected chi connectivity index (χ4v) is 2.68. The Morgan fingerprint density at radius 2 is 2.00 bits per heavy atom. The van der Waals surface area contributed by atoms with Crippen molar-refractivity contribution in [2.45, 2.75) is 52.2 Å². The van der Waals surface area contributed by atoms with E-state index in [1.54, 1.807) is 17.0 Å². The molecule has 0 aliphatic carbocycles. The van der Waals surface area contributed by atoms with Crippen LogP contribution in [-0.2, 0) is 16.7 Å². The van der Waals surface area contributed by atoms with Gasteiger partial charge in [0.05, 0.1) is 5.54 Å². The van der Waals surface area contributed by atoms with E-state index >= 15 is 0 Å². The average Bonchev–Trinajstić information content (AvgIpc) is 2.25. The third-order valence-electron chi connectivity index (χ3n) is 3.64. The number of hydrogen-bond donors (Lipinski definition) is 1. The number of fused-ring (bicyclic) bond motifs is 1. The molecule has 0 fully saturated rings. The van der Waals surface area contributed by atoms with Gasteiger partial charge in [-0.1, -0.05) is 6.07 Å². The first-order chi connectivity index (χ1) is 9.11. The summed E-state index contributed by atoms with van der Waals surface area (Å²) in [6, 6.07) is 5.34. The van der Waals surface area contributed by atoms with E-state index < -0.39 is 11.1 Å². The van der Waals surface area contributed by atoms with Crippen LogP contribution in [0.4, 0.5) is 4.79 Å². The number of phenolic OH excluding ortho intramolecular Hbond substituents is 1. The molecule has 0 aromatic heterocycles. The highest BCUT2D eigenvalue weighted by atomic mass is 16.6. The zero-order valence-electron chi connectivity index (χ0n) is 12.9. The highest BCUT2D eigenvalue weighted by Gasteiger charge is 2.39. The molecular formula is C16H23NO3. The van der Waals surface area contributed by atoms with E-state index in [0.717, 1.165) is 17.5 Å². The molecule has 2 rings (SSSR count). The molecule has 0 atom stereocenters. The number of phenols is 1. The van der Waals surface area contributed by atoms with Crippen LogP contribution in [-0.4, -0.2) is 28.2 Å². The third kappa shape index (κ3) is 2.74. The molecule has 1 aliphatic rings. The molecule has 1 aliphatic heterocycles. The molecule has 0 saturated heterocycles. The first kappa shape index (κ1) is 14.7. The smallest absolute Gasteiger partial charge is 0.411 e. The SMILES string of the molecule is CC(C)(C)OC(=O)N1CCc2cc(O)ccc2C1(C)C. The van der Waals surface area contributed by atoms with E-state index in [0.29, 0.717) is 6.54 Å². The number of hydrogen-bond acceptors (Lipinski definition) is 3. The normalized spacial score (nSPS) is 17.6. The largest absolute Gasteiger partial charge is 0.508 e. The van der Waals surface area contributed by atoms with Crippen LogP contribution in [0.25, 0.3) is 0 Å². The van der Waals surface area contributed by atoms with Gasteiger partial charge in [-0.15, -0.1) is 0 Å². The van der Waals surface area contributed by atoms with Gasteiger partial charge in [0.1, 0.15) is 11.4 Å². The molecule has 110 valence electrons. The average molecular weight is 277 g/mol. The lowest BCUT2D eigenvalue weighted by Crippen LogP contribution is -2.51. The molecule has 0 radical (unpaired) electrons. The molecule has 0 bridgehead atoms. The second-order valence-corrected chi connectivity index (χ2v) is 6.78. The summed E-state index contributed by atoms with van der Waals surface area (Å²) in [6.45, 7) is 10.2. The fourth-order valence-electron chi connectivity index (χ4n) is 2.68. The maximum absolute atomic E-state index is 12.4. The number of carbonyl (C=O) groups is 1. The van der Waals surface area contributed by atoms with Crippen LogP contribution in [0.3, 0.4) is 0 Å². The molecule has 1 aromatic rings. The maximum atomic E-state index is 12.4. The van der Waals surface area contributed by atoms with Gasteiger partial charge in [0.15, 0.2) is 0 Å². The number of nitrogens with zero attached hydrogens (tertiary/aromatic N) is 1. The Labute approximate surface area is 120 Å². The molecule has 0 unspecified atom stereocenters. The molecule has 20 heavy (non-hydrogen) atoms. The van der Waals surface area contributed by atoms with Gasteiger partial charge < -0.3 is 9.84 Å². The summed E-state index contributed by atoms with van der Waals surface area (Å²) in [5, 5.41) is 9.58. The molecule has 1 heterocycles. The zero-order chi connectivity index (χ0) is 15.1. The van der Waals surface area contributed by atoms with Crippen molar-refractivity contribution in [2.75, 3.05) is 6.54 Å². The molecular weight excluding hydrogens is 254 g/mol. The van der Waals surface area contributed by atoms with Crippen molar-refractivity contribution in [3.05, 3.63) is 29.3 Å². The van der Waals surface area contributed by atoms with Crippen molar-refractivity contribution in [1.29, 1.82) is 0 Å². The number of carbonyl (C=O) groups excluding carboxylic acids is 1. The second-order valence-electron chi connectivity index (χ2n) is 6.78. The Kier molecular flexibility index (Phi) is 3.44. The number of aromatic hydroxyl groups is 1. The minimum absolute atomic E-state index is 0.269. The van der Waals surface area contributed by atoms with Gasteiger partial charge in [-0.2, -0.15) is 0 Å². The number of benzene rings is 1.